The summed E-state index contributed by atoms with van der Waals surface area (Å²) in [5, 5.41) is 0. The Morgan fingerprint density at radius 1 is 1.35 bits per heavy atom. The van der Waals surface area contributed by atoms with Gasteiger partial charge in [0.1, 0.15) is 0 Å². The SMILES string of the molecule is CCC(N)C(c1ccc(C)s1)N(C)CC(C)C. The highest BCUT2D eigenvalue weighted by molar-refractivity contribution is 7.12. The topological polar surface area (TPSA) is 29.3 Å². The fraction of sp³-hybridized carbons (Fsp3) is 0.714. The van der Waals surface area contributed by atoms with Crippen molar-refractivity contribution in [1.29, 1.82) is 0 Å². The van der Waals surface area contributed by atoms with Gasteiger partial charge in [0.25, 0.3) is 0 Å². The van der Waals surface area contributed by atoms with Gasteiger partial charge >= 0.3 is 0 Å². The Kier molecular flexibility index (Phi) is 5.63. The molecular weight excluding hydrogens is 228 g/mol. The molecule has 0 radical (unpaired) electrons. The number of likely N-dealkylation sites (N-methyl/N-ethyl adjacent to an activating group) is 1. The van der Waals surface area contributed by atoms with E-state index in [0.717, 1.165) is 13.0 Å². The van der Waals surface area contributed by atoms with Crippen LogP contribution in [0.2, 0.25) is 0 Å². The fourth-order valence-corrected chi connectivity index (χ4v) is 3.40. The average molecular weight is 254 g/mol. The molecule has 3 heteroatoms. The number of hydrogen-bond acceptors (Lipinski definition) is 3. The van der Waals surface area contributed by atoms with Crippen LogP contribution in [-0.4, -0.2) is 24.5 Å². The van der Waals surface area contributed by atoms with Gasteiger partial charge in [-0.15, -0.1) is 11.3 Å². The van der Waals surface area contributed by atoms with Crippen LogP contribution in [0.1, 0.15) is 43.0 Å². The van der Waals surface area contributed by atoms with E-state index in [4.69, 9.17) is 5.73 Å². The normalized spacial score (nSPS) is 15.5. The second-order valence-corrected chi connectivity index (χ2v) is 6.62. The Bertz CT molecular complexity index is 333. The molecule has 2 unspecified atom stereocenters. The Balaban J connectivity index is 2.87. The van der Waals surface area contributed by atoms with E-state index in [9.17, 15) is 0 Å². The number of hydrogen-bond donors (Lipinski definition) is 1. The largest absolute Gasteiger partial charge is 0.326 e. The molecule has 98 valence electrons. The van der Waals surface area contributed by atoms with E-state index >= 15 is 0 Å². The quantitative estimate of drug-likeness (QED) is 0.843. The monoisotopic (exact) mass is 254 g/mol. The summed E-state index contributed by atoms with van der Waals surface area (Å²) in [7, 11) is 2.19. The first-order valence-corrected chi connectivity index (χ1v) is 7.29. The molecule has 0 aromatic carbocycles. The van der Waals surface area contributed by atoms with Gasteiger partial charge in [-0.2, -0.15) is 0 Å². The number of nitrogens with zero attached hydrogens (tertiary/aromatic N) is 1. The van der Waals surface area contributed by atoms with E-state index in [-0.39, 0.29) is 6.04 Å². The van der Waals surface area contributed by atoms with Crippen molar-refractivity contribution in [3.05, 3.63) is 21.9 Å². The standard InChI is InChI=1S/C14H26N2S/c1-6-12(15)14(16(5)9-10(2)3)13-8-7-11(4)17-13/h7-8,10,12,14H,6,9,15H2,1-5H3. The molecule has 0 aliphatic heterocycles. The zero-order valence-corrected chi connectivity index (χ0v) is 12.6. The number of nitrogens with two attached hydrogens (primary N) is 1. The summed E-state index contributed by atoms with van der Waals surface area (Å²) in [5.41, 5.74) is 6.30. The van der Waals surface area contributed by atoms with Crippen LogP contribution < -0.4 is 5.73 Å². The average Bonchev–Trinajstić information content (AvgIpc) is 2.63. The van der Waals surface area contributed by atoms with Gasteiger partial charge in [0.05, 0.1) is 6.04 Å². The zero-order valence-electron chi connectivity index (χ0n) is 11.7. The molecular formula is C14H26N2S. The van der Waals surface area contributed by atoms with Crippen LogP contribution in [0, 0.1) is 12.8 Å². The lowest BCUT2D eigenvalue weighted by Gasteiger charge is -2.32. The lowest BCUT2D eigenvalue weighted by atomic mass is 10.0. The molecule has 1 aromatic heterocycles. The predicted molar refractivity (Wildman–Crippen MR) is 77.5 cm³/mol. The van der Waals surface area contributed by atoms with E-state index in [1.165, 1.54) is 9.75 Å². The molecule has 17 heavy (non-hydrogen) atoms. The van der Waals surface area contributed by atoms with Gasteiger partial charge < -0.3 is 5.73 Å². The lowest BCUT2D eigenvalue weighted by Crippen LogP contribution is -2.39. The maximum Gasteiger partial charge on any atom is 0.0591 e. The van der Waals surface area contributed by atoms with E-state index in [2.05, 4.69) is 51.8 Å². The van der Waals surface area contributed by atoms with Crippen molar-refractivity contribution in [2.24, 2.45) is 11.7 Å². The first-order valence-electron chi connectivity index (χ1n) is 6.47. The molecule has 0 spiro atoms. The van der Waals surface area contributed by atoms with Crippen LogP contribution in [0.25, 0.3) is 0 Å². The molecule has 1 aromatic rings. The third-order valence-corrected chi connectivity index (χ3v) is 4.13. The minimum atomic E-state index is 0.219. The summed E-state index contributed by atoms with van der Waals surface area (Å²) >= 11 is 1.87. The summed E-state index contributed by atoms with van der Waals surface area (Å²) in [6.45, 7) is 9.93. The fourth-order valence-electron chi connectivity index (χ4n) is 2.28. The molecule has 0 saturated heterocycles. The highest BCUT2D eigenvalue weighted by Gasteiger charge is 2.24. The van der Waals surface area contributed by atoms with Gasteiger partial charge in [-0.25, -0.2) is 0 Å². The summed E-state index contributed by atoms with van der Waals surface area (Å²) < 4.78 is 0. The van der Waals surface area contributed by atoms with Crippen LogP contribution in [0.15, 0.2) is 12.1 Å². The van der Waals surface area contributed by atoms with Gasteiger partial charge in [-0.3, -0.25) is 4.90 Å². The van der Waals surface area contributed by atoms with Crippen LogP contribution in [0.3, 0.4) is 0 Å². The minimum absolute atomic E-state index is 0.219. The molecule has 0 aliphatic rings. The van der Waals surface area contributed by atoms with Crippen LogP contribution in [0.5, 0.6) is 0 Å². The molecule has 1 heterocycles. The third-order valence-electron chi connectivity index (χ3n) is 3.06. The van der Waals surface area contributed by atoms with Crippen molar-refractivity contribution >= 4 is 11.3 Å². The van der Waals surface area contributed by atoms with Crippen molar-refractivity contribution < 1.29 is 0 Å². The highest BCUT2D eigenvalue weighted by atomic mass is 32.1. The number of thiophene rings is 1. The number of rotatable bonds is 6. The molecule has 2 N–H and O–H groups in total. The van der Waals surface area contributed by atoms with Crippen molar-refractivity contribution in [2.75, 3.05) is 13.6 Å². The summed E-state index contributed by atoms with van der Waals surface area (Å²) in [6, 6.07) is 5.01. The Labute approximate surface area is 110 Å². The molecule has 0 aliphatic carbocycles. The first-order chi connectivity index (χ1) is 7.95. The molecule has 2 atom stereocenters. The Morgan fingerprint density at radius 3 is 2.41 bits per heavy atom. The van der Waals surface area contributed by atoms with E-state index in [1.807, 2.05) is 11.3 Å². The van der Waals surface area contributed by atoms with Crippen LogP contribution in [0.4, 0.5) is 0 Å². The first kappa shape index (κ1) is 14.7. The van der Waals surface area contributed by atoms with Crippen LogP contribution >= 0.6 is 11.3 Å². The molecule has 0 bridgehead atoms. The lowest BCUT2D eigenvalue weighted by molar-refractivity contribution is 0.192. The smallest absolute Gasteiger partial charge is 0.0591 e. The van der Waals surface area contributed by atoms with Crippen LogP contribution in [-0.2, 0) is 0 Å². The summed E-state index contributed by atoms with van der Waals surface area (Å²) in [6.07, 6.45) is 1.02. The molecule has 0 amide bonds. The van der Waals surface area contributed by atoms with Gasteiger partial charge in [-0.1, -0.05) is 20.8 Å². The summed E-state index contributed by atoms with van der Waals surface area (Å²) in [4.78, 5) is 5.18. The third kappa shape index (κ3) is 4.09. The molecule has 2 nitrogen and oxygen atoms in total. The van der Waals surface area contributed by atoms with Crippen molar-refractivity contribution in [3.63, 3.8) is 0 Å². The maximum atomic E-state index is 6.30. The summed E-state index contributed by atoms with van der Waals surface area (Å²) in [5.74, 6) is 0.674. The second-order valence-electron chi connectivity index (χ2n) is 5.30. The second kappa shape index (κ2) is 6.53. The van der Waals surface area contributed by atoms with Gasteiger partial charge in [0, 0.05) is 22.3 Å². The maximum absolute atomic E-state index is 6.30. The minimum Gasteiger partial charge on any atom is -0.326 e. The molecule has 1 rings (SSSR count). The van der Waals surface area contributed by atoms with Gasteiger partial charge in [-0.05, 0) is 38.4 Å². The van der Waals surface area contributed by atoms with Gasteiger partial charge in [0.15, 0.2) is 0 Å². The van der Waals surface area contributed by atoms with E-state index in [0.29, 0.717) is 12.0 Å². The van der Waals surface area contributed by atoms with Crippen molar-refractivity contribution in [2.45, 2.75) is 46.2 Å². The molecule has 0 fully saturated rings. The Morgan fingerprint density at radius 2 is 2.00 bits per heavy atom. The van der Waals surface area contributed by atoms with E-state index < -0.39 is 0 Å². The zero-order chi connectivity index (χ0) is 13.0. The predicted octanol–water partition coefficient (Wildman–Crippen LogP) is 3.42. The number of aryl methyl sites for hydroxylation is 1. The highest BCUT2D eigenvalue weighted by Crippen LogP contribution is 2.30. The van der Waals surface area contributed by atoms with E-state index in [1.54, 1.807) is 0 Å². The van der Waals surface area contributed by atoms with Gasteiger partial charge in [0.2, 0.25) is 0 Å². The Hall–Kier alpha value is -0.380. The van der Waals surface area contributed by atoms with Crippen molar-refractivity contribution in [1.82, 2.24) is 4.90 Å². The molecule has 0 saturated carbocycles. The van der Waals surface area contributed by atoms with Crippen molar-refractivity contribution in [3.8, 4) is 0 Å².